The number of alkyl carbamates (subject to hydrolysis) is 1. The van der Waals surface area contributed by atoms with Crippen LogP contribution in [0.2, 0.25) is 0 Å². The number of fused-ring (bicyclic) bond motifs is 1. The number of piperidine rings is 1. The van der Waals surface area contributed by atoms with Crippen molar-refractivity contribution < 1.29 is 23.9 Å². The largest absolute Gasteiger partial charge is 0.467 e. The first kappa shape index (κ1) is 18.5. The smallest absolute Gasteiger partial charge is 0.407 e. The van der Waals surface area contributed by atoms with Crippen LogP contribution in [0.15, 0.2) is 0 Å². The van der Waals surface area contributed by atoms with Crippen molar-refractivity contribution in [2.24, 2.45) is 5.92 Å². The second kappa shape index (κ2) is 7.40. The highest BCUT2D eigenvalue weighted by atomic mass is 16.6. The Morgan fingerprint density at radius 1 is 1.21 bits per heavy atom. The number of carbonyl (C=O) groups excluding carboxylic acids is 3. The SMILES string of the molecule is COC(=O)[C@H]1CC[C@@H]2CC[C@H](CCNC(=O)OC(C)(C)C)C(=O)N21. The first-order valence-electron chi connectivity index (χ1n) is 8.60. The van der Waals surface area contributed by atoms with E-state index in [4.69, 9.17) is 9.47 Å². The van der Waals surface area contributed by atoms with Gasteiger partial charge in [0.15, 0.2) is 0 Å². The normalized spacial score (nSPS) is 26.8. The Hall–Kier alpha value is -1.79. The molecule has 0 saturated carbocycles. The van der Waals surface area contributed by atoms with Gasteiger partial charge >= 0.3 is 12.1 Å². The van der Waals surface area contributed by atoms with Gasteiger partial charge in [-0.1, -0.05) is 0 Å². The second-order valence-corrected chi connectivity index (χ2v) is 7.51. The first-order valence-corrected chi connectivity index (χ1v) is 8.60. The highest BCUT2D eigenvalue weighted by Gasteiger charge is 2.46. The molecule has 7 nitrogen and oxygen atoms in total. The standard InChI is InChI=1S/C17H28N2O5/c1-17(2,3)24-16(22)18-10-9-11-5-6-12-7-8-13(15(21)23-4)19(12)14(11)20/h11-13H,5-10H2,1-4H3,(H,18,22)/t11-,12+,13-/m1/s1. The third-order valence-electron chi connectivity index (χ3n) is 4.59. The number of nitrogens with one attached hydrogen (secondary N) is 1. The predicted molar refractivity (Wildman–Crippen MR) is 87.2 cm³/mol. The fourth-order valence-corrected chi connectivity index (χ4v) is 3.53. The van der Waals surface area contributed by atoms with Crippen LogP contribution >= 0.6 is 0 Å². The molecule has 2 amide bonds. The number of methoxy groups -OCH3 is 1. The zero-order valence-corrected chi connectivity index (χ0v) is 15.0. The lowest BCUT2D eigenvalue weighted by Crippen LogP contribution is -2.51. The molecule has 0 aromatic rings. The molecule has 0 radical (unpaired) electrons. The Morgan fingerprint density at radius 3 is 2.50 bits per heavy atom. The van der Waals surface area contributed by atoms with Gasteiger partial charge in [-0.2, -0.15) is 0 Å². The van der Waals surface area contributed by atoms with E-state index in [9.17, 15) is 14.4 Å². The van der Waals surface area contributed by atoms with E-state index in [-0.39, 0.29) is 23.8 Å². The van der Waals surface area contributed by atoms with E-state index in [2.05, 4.69) is 5.32 Å². The Balaban J connectivity index is 1.86. The minimum atomic E-state index is -0.540. The molecule has 0 aromatic heterocycles. The number of esters is 1. The molecule has 3 atom stereocenters. The molecule has 7 heteroatoms. The van der Waals surface area contributed by atoms with E-state index >= 15 is 0 Å². The number of rotatable bonds is 4. The summed E-state index contributed by atoms with van der Waals surface area (Å²) in [6, 6.07) is -0.300. The molecule has 0 spiro atoms. The number of ether oxygens (including phenoxy) is 2. The topological polar surface area (TPSA) is 84.9 Å². The van der Waals surface area contributed by atoms with E-state index < -0.39 is 17.7 Å². The third-order valence-corrected chi connectivity index (χ3v) is 4.59. The fourth-order valence-electron chi connectivity index (χ4n) is 3.53. The fraction of sp³-hybridized carbons (Fsp3) is 0.824. The van der Waals surface area contributed by atoms with Gasteiger partial charge in [0.05, 0.1) is 7.11 Å². The van der Waals surface area contributed by atoms with Crippen molar-refractivity contribution in [1.29, 1.82) is 0 Å². The van der Waals surface area contributed by atoms with Crippen LogP contribution in [0.5, 0.6) is 0 Å². The number of amides is 2. The van der Waals surface area contributed by atoms with E-state index in [1.165, 1.54) is 7.11 Å². The Morgan fingerprint density at radius 2 is 1.88 bits per heavy atom. The van der Waals surface area contributed by atoms with Gasteiger partial charge in [0.25, 0.3) is 0 Å². The van der Waals surface area contributed by atoms with Gasteiger partial charge < -0.3 is 19.7 Å². The van der Waals surface area contributed by atoms with Gasteiger partial charge in [-0.15, -0.1) is 0 Å². The molecule has 2 heterocycles. The molecule has 0 aliphatic carbocycles. The minimum Gasteiger partial charge on any atom is -0.467 e. The van der Waals surface area contributed by atoms with E-state index in [0.717, 1.165) is 19.3 Å². The molecule has 2 fully saturated rings. The van der Waals surface area contributed by atoms with Crippen LogP contribution in [0.1, 0.15) is 52.9 Å². The summed E-state index contributed by atoms with van der Waals surface area (Å²) in [5.74, 6) is -0.495. The minimum absolute atomic E-state index is 0.00476. The molecule has 0 aromatic carbocycles. The summed E-state index contributed by atoms with van der Waals surface area (Å²) in [5, 5.41) is 2.69. The van der Waals surface area contributed by atoms with Crippen LogP contribution in [0.25, 0.3) is 0 Å². The lowest BCUT2D eigenvalue weighted by molar-refractivity contribution is -0.156. The summed E-state index contributed by atoms with van der Waals surface area (Å²) in [5.41, 5.74) is -0.540. The molecule has 2 aliphatic heterocycles. The van der Waals surface area contributed by atoms with E-state index in [0.29, 0.717) is 19.4 Å². The second-order valence-electron chi connectivity index (χ2n) is 7.51. The molecule has 2 aliphatic rings. The highest BCUT2D eigenvalue weighted by molar-refractivity contribution is 5.87. The summed E-state index contributed by atoms with van der Waals surface area (Å²) in [6.45, 7) is 5.79. The lowest BCUT2D eigenvalue weighted by Gasteiger charge is -2.37. The molecular formula is C17H28N2O5. The molecule has 136 valence electrons. The van der Waals surface area contributed by atoms with Crippen LogP contribution in [0.3, 0.4) is 0 Å². The molecular weight excluding hydrogens is 312 g/mol. The molecule has 0 bridgehead atoms. The Bertz CT molecular complexity index is 500. The zero-order chi connectivity index (χ0) is 17.9. The van der Waals surface area contributed by atoms with Crippen LogP contribution in [-0.4, -0.2) is 54.2 Å². The van der Waals surface area contributed by atoms with Gasteiger partial charge in [0.2, 0.25) is 5.91 Å². The zero-order valence-electron chi connectivity index (χ0n) is 15.0. The van der Waals surface area contributed by atoms with Gasteiger partial charge in [-0.05, 0) is 52.9 Å². The van der Waals surface area contributed by atoms with Crippen LogP contribution in [-0.2, 0) is 19.1 Å². The maximum absolute atomic E-state index is 12.7. The maximum Gasteiger partial charge on any atom is 0.407 e. The van der Waals surface area contributed by atoms with Crippen molar-refractivity contribution in [2.45, 2.75) is 70.6 Å². The van der Waals surface area contributed by atoms with Crippen molar-refractivity contribution in [2.75, 3.05) is 13.7 Å². The maximum atomic E-state index is 12.7. The highest BCUT2D eigenvalue weighted by Crippen LogP contribution is 2.36. The molecule has 0 unspecified atom stereocenters. The van der Waals surface area contributed by atoms with Gasteiger partial charge in [-0.3, -0.25) is 4.79 Å². The van der Waals surface area contributed by atoms with Crippen LogP contribution in [0, 0.1) is 5.92 Å². The van der Waals surface area contributed by atoms with Crippen molar-refractivity contribution in [3.05, 3.63) is 0 Å². The first-order chi connectivity index (χ1) is 11.2. The van der Waals surface area contributed by atoms with Gasteiger partial charge in [0, 0.05) is 18.5 Å². The van der Waals surface area contributed by atoms with E-state index in [1.807, 2.05) is 0 Å². The average molecular weight is 340 g/mol. The summed E-state index contributed by atoms with van der Waals surface area (Å²) in [4.78, 5) is 38.0. The molecule has 2 rings (SSSR count). The predicted octanol–water partition coefficient (Wildman–Crippen LogP) is 1.84. The molecule has 2 saturated heterocycles. The van der Waals surface area contributed by atoms with E-state index in [1.54, 1.807) is 25.7 Å². The average Bonchev–Trinajstić information content (AvgIpc) is 2.91. The van der Waals surface area contributed by atoms with Gasteiger partial charge in [0.1, 0.15) is 11.6 Å². The lowest BCUT2D eigenvalue weighted by atomic mass is 9.90. The Labute approximate surface area is 143 Å². The number of hydrogen-bond acceptors (Lipinski definition) is 5. The number of nitrogens with zero attached hydrogens (tertiary/aromatic N) is 1. The summed E-state index contributed by atoms with van der Waals surface area (Å²) >= 11 is 0. The van der Waals surface area contributed by atoms with Crippen molar-refractivity contribution in [3.8, 4) is 0 Å². The van der Waals surface area contributed by atoms with Crippen LogP contribution in [0.4, 0.5) is 4.79 Å². The molecule has 1 N–H and O–H groups in total. The summed E-state index contributed by atoms with van der Waals surface area (Å²) in [7, 11) is 1.35. The van der Waals surface area contributed by atoms with Crippen molar-refractivity contribution in [3.63, 3.8) is 0 Å². The quantitative estimate of drug-likeness (QED) is 0.790. The Kier molecular flexibility index (Phi) is 5.72. The number of hydrogen-bond donors (Lipinski definition) is 1. The van der Waals surface area contributed by atoms with Crippen LogP contribution < -0.4 is 5.32 Å². The summed E-state index contributed by atoms with van der Waals surface area (Å²) < 4.78 is 10.00. The number of carbonyl (C=O) groups is 3. The van der Waals surface area contributed by atoms with Crippen molar-refractivity contribution in [1.82, 2.24) is 10.2 Å². The third kappa shape index (κ3) is 4.39. The van der Waals surface area contributed by atoms with Gasteiger partial charge in [-0.25, -0.2) is 9.59 Å². The summed E-state index contributed by atoms with van der Waals surface area (Å²) in [6.07, 6.45) is 3.30. The van der Waals surface area contributed by atoms with Crippen molar-refractivity contribution >= 4 is 18.0 Å². The molecule has 24 heavy (non-hydrogen) atoms. The monoisotopic (exact) mass is 340 g/mol.